The van der Waals surface area contributed by atoms with Crippen LogP contribution in [0.4, 0.5) is 0 Å². The Morgan fingerprint density at radius 3 is 2.04 bits per heavy atom. The second-order valence-corrected chi connectivity index (χ2v) is 5.90. The van der Waals surface area contributed by atoms with Gasteiger partial charge >= 0.3 is 0 Å². The highest BCUT2D eigenvalue weighted by molar-refractivity contribution is 6.23. The molecule has 0 bridgehead atoms. The molecule has 0 saturated carbocycles. The molecule has 0 aromatic carbocycles. The third-order valence-corrected chi connectivity index (χ3v) is 3.84. The van der Waals surface area contributed by atoms with E-state index in [0.29, 0.717) is 17.6 Å². The van der Waals surface area contributed by atoms with Crippen molar-refractivity contribution in [3.63, 3.8) is 0 Å². The molecule has 1 aliphatic carbocycles. The van der Waals surface area contributed by atoms with E-state index in [1.54, 1.807) is 6.92 Å². The molecule has 23 heavy (non-hydrogen) atoms. The highest BCUT2D eigenvalue weighted by Gasteiger charge is 2.33. The zero-order valence-corrected chi connectivity index (χ0v) is 14.9. The molecule has 0 aromatic heterocycles. The Labute approximate surface area is 138 Å². The summed E-state index contributed by atoms with van der Waals surface area (Å²) in [6.07, 6.45) is 6.55. The fraction of sp³-hybridized carbons (Fsp3) is 0.474. The highest BCUT2D eigenvalue weighted by Crippen LogP contribution is 2.28. The molecule has 0 spiro atoms. The van der Waals surface area contributed by atoms with Gasteiger partial charge in [-0.1, -0.05) is 23.3 Å². The van der Waals surface area contributed by atoms with Gasteiger partial charge in [0, 0.05) is 11.1 Å². The second kappa shape index (κ2) is 8.51. The van der Waals surface area contributed by atoms with Crippen LogP contribution >= 0.6 is 0 Å². The smallest absolute Gasteiger partial charge is 0.228 e. The first-order chi connectivity index (χ1) is 10.8. The van der Waals surface area contributed by atoms with Crippen molar-refractivity contribution in [3.8, 4) is 0 Å². The Hall–Kier alpha value is -2.10. The SMILES string of the molecule is COC1=C(OC)C(=O)C(C/C=C(/C)CCC=C(C)C)=C(C)C1=O. The van der Waals surface area contributed by atoms with Crippen LogP contribution < -0.4 is 0 Å². The lowest BCUT2D eigenvalue weighted by Gasteiger charge is -2.19. The van der Waals surface area contributed by atoms with Crippen molar-refractivity contribution in [3.05, 3.63) is 46.0 Å². The maximum Gasteiger partial charge on any atom is 0.228 e. The molecule has 0 radical (unpaired) electrons. The van der Waals surface area contributed by atoms with Gasteiger partial charge < -0.3 is 9.47 Å². The van der Waals surface area contributed by atoms with E-state index >= 15 is 0 Å². The number of hydrogen-bond donors (Lipinski definition) is 0. The Morgan fingerprint density at radius 2 is 1.52 bits per heavy atom. The van der Waals surface area contributed by atoms with Crippen molar-refractivity contribution in [2.24, 2.45) is 0 Å². The first kappa shape index (κ1) is 18.9. The standard InChI is InChI=1S/C19H26O4/c1-12(2)8-7-9-13(3)10-11-15-14(4)16(20)18(22-5)19(23-6)17(15)21/h8,10H,7,9,11H2,1-6H3/b13-10-. The van der Waals surface area contributed by atoms with Crippen LogP contribution in [0.25, 0.3) is 0 Å². The van der Waals surface area contributed by atoms with E-state index in [2.05, 4.69) is 19.9 Å². The van der Waals surface area contributed by atoms with E-state index in [4.69, 9.17) is 9.47 Å². The van der Waals surface area contributed by atoms with E-state index in [1.165, 1.54) is 25.4 Å². The number of allylic oxidation sites excluding steroid dienone is 6. The van der Waals surface area contributed by atoms with Crippen molar-refractivity contribution in [2.75, 3.05) is 14.2 Å². The molecular weight excluding hydrogens is 292 g/mol. The average molecular weight is 318 g/mol. The number of ether oxygens (including phenoxy) is 2. The molecule has 4 heteroatoms. The van der Waals surface area contributed by atoms with Crippen molar-refractivity contribution in [1.29, 1.82) is 0 Å². The summed E-state index contributed by atoms with van der Waals surface area (Å²) in [5, 5.41) is 0. The number of rotatable bonds is 7. The Bertz CT molecular complexity index is 611. The van der Waals surface area contributed by atoms with Gasteiger partial charge in [-0.2, -0.15) is 0 Å². The number of ketones is 2. The molecule has 0 N–H and O–H groups in total. The van der Waals surface area contributed by atoms with Crippen LogP contribution in [0.3, 0.4) is 0 Å². The van der Waals surface area contributed by atoms with Crippen LogP contribution in [0.1, 0.15) is 47.0 Å². The summed E-state index contributed by atoms with van der Waals surface area (Å²) in [5.41, 5.74) is 3.41. The van der Waals surface area contributed by atoms with Gasteiger partial charge in [0.25, 0.3) is 0 Å². The predicted octanol–water partition coefficient (Wildman–Crippen LogP) is 4.04. The van der Waals surface area contributed by atoms with Gasteiger partial charge in [0.2, 0.25) is 23.1 Å². The molecule has 0 unspecified atom stereocenters. The first-order valence-electron chi connectivity index (χ1n) is 7.73. The van der Waals surface area contributed by atoms with Gasteiger partial charge in [0.15, 0.2) is 0 Å². The Morgan fingerprint density at radius 1 is 0.957 bits per heavy atom. The van der Waals surface area contributed by atoms with Crippen LogP contribution in [0.2, 0.25) is 0 Å². The first-order valence-corrected chi connectivity index (χ1v) is 7.73. The molecule has 126 valence electrons. The summed E-state index contributed by atoms with van der Waals surface area (Å²) in [4.78, 5) is 24.8. The van der Waals surface area contributed by atoms with Gasteiger partial charge in [-0.05, 0) is 47.0 Å². The molecule has 0 heterocycles. The summed E-state index contributed by atoms with van der Waals surface area (Å²) in [6, 6.07) is 0. The summed E-state index contributed by atoms with van der Waals surface area (Å²) < 4.78 is 10.1. The van der Waals surface area contributed by atoms with E-state index in [-0.39, 0.29) is 23.1 Å². The van der Waals surface area contributed by atoms with E-state index in [0.717, 1.165) is 12.8 Å². The number of methoxy groups -OCH3 is 2. The second-order valence-electron chi connectivity index (χ2n) is 5.90. The summed E-state index contributed by atoms with van der Waals surface area (Å²) in [7, 11) is 2.74. The average Bonchev–Trinajstić information content (AvgIpc) is 2.50. The fourth-order valence-corrected chi connectivity index (χ4v) is 2.40. The minimum atomic E-state index is -0.283. The van der Waals surface area contributed by atoms with E-state index in [1.807, 2.05) is 13.0 Å². The van der Waals surface area contributed by atoms with Gasteiger partial charge in [0.05, 0.1) is 14.2 Å². The lowest BCUT2D eigenvalue weighted by Crippen LogP contribution is -2.24. The maximum absolute atomic E-state index is 12.5. The molecule has 1 rings (SSSR count). The lowest BCUT2D eigenvalue weighted by atomic mass is 9.90. The molecular formula is C19H26O4. The van der Waals surface area contributed by atoms with Crippen LogP contribution in [0.15, 0.2) is 46.0 Å². The van der Waals surface area contributed by atoms with Gasteiger partial charge in [-0.3, -0.25) is 9.59 Å². The van der Waals surface area contributed by atoms with Crippen LogP contribution in [-0.2, 0) is 19.1 Å². The molecule has 0 fully saturated rings. The largest absolute Gasteiger partial charge is 0.489 e. The minimum Gasteiger partial charge on any atom is -0.489 e. The Balaban J connectivity index is 2.92. The Kier molecular flexibility index (Phi) is 7.01. The zero-order chi connectivity index (χ0) is 17.6. The van der Waals surface area contributed by atoms with Crippen molar-refractivity contribution < 1.29 is 19.1 Å². The molecule has 4 nitrogen and oxygen atoms in total. The van der Waals surface area contributed by atoms with Crippen molar-refractivity contribution in [1.82, 2.24) is 0 Å². The fourth-order valence-electron chi connectivity index (χ4n) is 2.40. The molecule has 0 amide bonds. The summed E-state index contributed by atoms with van der Waals surface area (Å²) in [5.74, 6) is -0.568. The van der Waals surface area contributed by atoms with Gasteiger partial charge in [-0.15, -0.1) is 0 Å². The summed E-state index contributed by atoms with van der Waals surface area (Å²) in [6.45, 7) is 7.85. The molecule has 0 atom stereocenters. The number of carbonyl (C=O) groups excluding carboxylic acids is 2. The third-order valence-electron chi connectivity index (χ3n) is 3.84. The normalized spacial score (nSPS) is 16.0. The van der Waals surface area contributed by atoms with Gasteiger partial charge in [-0.25, -0.2) is 0 Å². The molecule has 0 aromatic rings. The number of carbonyl (C=O) groups is 2. The predicted molar refractivity (Wildman–Crippen MR) is 90.8 cm³/mol. The van der Waals surface area contributed by atoms with Crippen molar-refractivity contribution in [2.45, 2.75) is 47.0 Å². The molecule has 0 aliphatic heterocycles. The highest BCUT2D eigenvalue weighted by atomic mass is 16.5. The monoisotopic (exact) mass is 318 g/mol. The van der Waals surface area contributed by atoms with Crippen LogP contribution in [0.5, 0.6) is 0 Å². The molecule has 1 aliphatic rings. The maximum atomic E-state index is 12.5. The topological polar surface area (TPSA) is 52.6 Å². The minimum absolute atomic E-state index is 0.00584. The third kappa shape index (κ3) is 4.68. The van der Waals surface area contributed by atoms with Crippen LogP contribution in [-0.4, -0.2) is 25.8 Å². The van der Waals surface area contributed by atoms with Gasteiger partial charge in [0.1, 0.15) is 0 Å². The summed E-state index contributed by atoms with van der Waals surface area (Å²) >= 11 is 0. The lowest BCUT2D eigenvalue weighted by molar-refractivity contribution is -0.121. The number of Topliss-reactive ketones (excluding diaryl/α,β-unsaturated/α-hetero) is 2. The van der Waals surface area contributed by atoms with E-state index in [9.17, 15) is 9.59 Å². The van der Waals surface area contributed by atoms with E-state index < -0.39 is 0 Å². The molecule has 0 saturated heterocycles. The van der Waals surface area contributed by atoms with Crippen molar-refractivity contribution >= 4 is 11.6 Å². The zero-order valence-electron chi connectivity index (χ0n) is 14.9. The quantitative estimate of drug-likeness (QED) is 0.525. The number of hydrogen-bond acceptors (Lipinski definition) is 4. The van der Waals surface area contributed by atoms with Crippen LogP contribution in [0, 0.1) is 0 Å².